The Labute approximate surface area is 63.3 Å². The first-order chi connectivity index (χ1) is 4.85. The van der Waals surface area contributed by atoms with Gasteiger partial charge < -0.3 is 4.84 Å². The van der Waals surface area contributed by atoms with Crippen molar-refractivity contribution in [2.75, 3.05) is 7.11 Å². The van der Waals surface area contributed by atoms with Crippen LogP contribution < -0.4 is 0 Å². The Balaban J connectivity index is 3.34. The Morgan fingerprint density at radius 3 is 2.40 bits per heavy atom. The number of hydrogen-bond acceptors (Lipinski definition) is 2. The zero-order valence-corrected chi connectivity index (χ0v) is 7.13. The van der Waals surface area contributed by atoms with E-state index >= 15 is 0 Å². The smallest absolute Gasteiger partial charge is 0.106 e. The molecule has 0 atom stereocenters. The molecule has 0 amide bonds. The minimum absolute atomic E-state index is 0.777. The molecule has 0 saturated heterocycles. The second-order valence-corrected chi connectivity index (χ2v) is 2.39. The summed E-state index contributed by atoms with van der Waals surface area (Å²) in [5.74, 6) is 0.777. The van der Waals surface area contributed by atoms with Crippen LogP contribution in [-0.4, -0.2) is 13.3 Å². The monoisotopic (exact) mass is 143 g/mol. The van der Waals surface area contributed by atoms with Gasteiger partial charge in [-0.05, 0) is 12.3 Å². The van der Waals surface area contributed by atoms with E-state index in [2.05, 4.69) is 23.8 Å². The number of rotatable bonds is 5. The largest absolute Gasteiger partial charge is 0.399 e. The SMILES string of the molecule is CCC(CC)C/C=N\OC. The summed E-state index contributed by atoms with van der Waals surface area (Å²) < 4.78 is 0. The Morgan fingerprint density at radius 2 is 2.00 bits per heavy atom. The molecule has 0 unspecified atom stereocenters. The molecule has 0 N–H and O–H groups in total. The zero-order chi connectivity index (χ0) is 7.82. The highest BCUT2D eigenvalue weighted by atomic mass is 16.6. The van der Waals surface area contributed by atoms with Gasteiger partial charge in [0, 0.05) is 6.21 Å². The van der Waals surface area contributed by atoms with Crippen molar-refractivity contribution in [3.05, 3.63) is 0 Å². The maximum absolute atomic E-state index is 4.55. The molecule has 0 radical (unpaired) electrons. The topological polar surface area (TPSA) is 21.6 Å². The first-order valence-electron chi connectivity index (χ1n) is 3.90. The second kappa shape index (κ2) is 6.59. The van der Waals surface area contributed by atoms with E-state index in [-0.39, 0.29) is 0 Å². The summed E-state index contributed by atoms with van der Waals surface area (Å²) in [5, 5.41) is 3.68. The Hall–Kier alpha value is -0.530. The van der Waals surface area contributed by atoms with Crippen LogP contribution >= 0.6 is 0 Å². The Bertz CT molecular complexity index is 87.3. The van der Waals surface area contributed by atoms with Gasteiger partial charge in [0.15, 0.2) is 0 Å². The van der Waals surface area contributed by atoms with Gasteiger partial charge in [0.25, 0.3) is 0 Å². The summed E-state index contributed by atoms with van der Waals surface area (Å²) in [5.41, 5.74) is 0. The predicted molar refractivity (Wildman–Crippen MR) is 44.2 cm³/mol. The first kappa shape index (κ1) is 9.47. The van der Waals surface area contributed by atoms with Crippen LogP contribution in [0.2, 0.25) is 0 Å². The van der Waals surface area contributed by atoms with Crippen LogP contribution in [0.3, 0.4) is 0 Å². The van der Waals surface area contributed by atoms with Crippen molar-refractivity contribution in [1.82, 2.24) is 0 Å². The number of hydrogen-bond donors (Lipinski definition) is 0. The molecule has 0 aliphatic rings. The van der Waals surface area contributed by atoms with Crippen molar-refractivity contribution < 1.29 is 4.84 Å². The first-order valence-corrected chi connectivity index (χ1v) is 3.90. The molecule has 0 spiro atoms. The minimum atomic E-state index is 0.777. The number of oxime groups is 1. The third-order valence-electron chi connectivity index (χ3n) is 1.77. The molecule has 60 valence electrons. The highest BCUT2D eigenvalue weighted by Gasteiger charge is 1.99. The molecule has 0 aromatic heterocycles. The summed E-state index contributed by atoms with van der Waals surface area (Å²) in [4.78, 5) is 4.55. The van der Waals surface area contributed by atoms with Crippen LogP contribution in [0.4, 0.5) is 0 Å². The van der Waals surface area contributed by atoms with Crippen LogP contribution in [0.25, 0.3) is 0 Å². The lowest BCUT2D eigenvalue weighted by molar-refractivity contribution is 0.214. The lowest BCUT2D eigenvalue weighted by Gasteiger charge is -2.06. The molecule has 2 nitrogen and oxygen atoms in total. The van der Waals surface area contributed by atoms with Crippen LogP contribution in [0.15, 0.2) is 5.16 Å². The average Bonchev–Trinajstić information content (AvgIpc) is 1.99. The van der Waals surface area contributed by atoms with Gasteiger partial charge in [-0.2, -0.15) is 0 Å². The highest BCUT2D eigenvalue weighted by molar-refractivity contribution is 5.56. The van der Waals surface area contributed by atoms with Crippen molar-refractivity contribution in [3.63, 3.8) is 0 Å². The molecule has 0 heterocycles. The van der Waals surface area contributed by atoms with Crippen molar-refractivity contribution in [3.8, 4) is 0 Å². The lowest BCUT2D eigenvalue weighted by atomic mass is 10.0. The van der Waals surface area contributed by atoms with Gasteiger partial charge >= 0.3 is 0 Å². The fourth-order valence-corrected chi connectivity index (χ4v) is 0.889. The Kier molecular flexibility index (Phi) is 6.24. The molecule has 0 saturated carbocycles. The maximum Gasteiger partial charge on any atom is 0.106 e. The summed E-state index contributed by atoms with van der Waals surface area (Å²) in [6.07, 6.45) is 5.34. The fraction of sp³-hybridized carbons (Fsp3) is 0.875. The van der Waals surface area contributed by atoms with E-state index in [1.54, 1.807) is 7.11 Å². The predicted octanol–water partition coefficient (Wildman–Crippen LogP) is 2.44. The van der Waals surface area contributed by atoms with Crippen molar-refractivity contribution >= 4 is 6.21 Å². The quantitative estimate of drug-likeness (QED) is 0.428. The van der Waals surface area contributed by atoms with Crippen molar-refractivity contribution in [2.24, 2.45) is 11.1 Å². The van der Waals surface area contributed by atoms with Gasteiger partial charge in [0.2, 0.25) is 0 Å². The van der Waals surface area contributed by atoms with Crippen LogP contribution in [0.5, 0.6) is 0 Å². The van der Waals surface area contributed by atoms with Crippen LogP contribution in [0.1, 0.15) is 33.1 Å². The van der Waals surface area contributed by atoms with E-state index in [1.165, 1.54) is 12.8 Å². The van der Waals surface area contributed by atoms with Gasteiger partial charge in [0.05, 0.1) is 0 Å². The lowest BCUT2D eigenvalue weighted by Crippen LogP contribution is -1.96. The van der Waals surface area contributed by atoms with E-state index in [1.807, 2.05) is 6.21 Å². The van der Waals surface area contributed by atoms with Gasteiger partial charge in [-0.25, -0.2) is 0 Å². The van der Waals surface area contributed by atoms with Crippen molar-refractivity contribution in [2.45, 2.75) is 33.1 Å². The van der Waals surface area contributed by atoms with E-state index in [9.17, 15) is 0 Å². The molecule has 0 aromatic rings. The van der Waals surface area contributed by atoms with Crippen LogP contribution in [-0.2, 0) is 4.84 Å². The van der Waals surface area contributed by atoms with Gasteiger partial charge in [-0.15, -0.1) is 0 Å². The summed E-state index contributed by atoms with van der Waals surface area (Å²) in [6.45, 7) is 4.41. The summed E-state index contributed by atoms with van der Waals surface area (Å²) in [7, 11) is 1.57. The number of nitrogens with zero attached hydrogens (tertiary/aromatic N) is 1. The Morgan fingerprint density at radius 1 is 1.40 bits per heavy atom. The minimum Gasteiger partial charge on any atom is -0.399 e. The van der Waals surface area contributed by atoms with Crippen LogP contribution in [0, 0.1) is 5.92 Å². The summed E-state index contributed by atoms with van der Waals surface area (Å²) in [6, 6.07) is 0. The molecule has 0 aliphatic heterocycles. The average molecular weight is 143 g/mol. The highest BCUT2D eigenvalue weighted by Crippen LogP contribution is 2.09. The fourth-order valence-electron chi connectivity index (χ4n) is 0.889. The maximum atomic E-state index is 4.55. The van der Waals surface area contributed by atoms with Gasteiger partial charge in [0.1, 0.15) is 7.11 Å². The van der Waals surface area contributed by atoms with E-state index in [0.29, 0.717) is 0 Å². The molecule has 0 bridgehead atoms. The molecule has 2 heteroatoms. The molecule has 10 heavy (non-hydrogen) atoms. The molecule has 0 fully saturated rings. The van der Waals surface area contributed by atoms with Crippen molar-refractivity contribution in [1.29, 1.82) is 0 Å². The third-order valence-corrected chi connectivity index (χ3v) is 1.77. The molecule has 0 aromatic carbocycles. The third kappa shape index (κ3) is 4.36. The molecule has 0 aliphatic carbocycles. The molecular weight excluding hydrogens is 126 g/mol. The molecular formula is C8H17NO. The molecule has 0 rings (SSSR count). The zero-order valence-electron chi connectivity index (χ0n) is 7.13. The normalized spacial score (nSPS) is 11.2. The van der Waals surface area contributed by atoms with Gasteiger partial charge in [-0.3, -0.25) is 0 Å². The van der Waals surface area contributed by atoms with E-state index in [4.69, 9.17) is 0 Å². The van der Waals surface area contributed by atoms with E-state index < -0.39 is 0 Å². The second-order valence-electron chi connectivity index (χ2n) is 2.39. The standard InChI is InChI=1S/C8H17NO/c1-4-8(5-2)6-7-9-10-3/h7-8H,4-6H2,1-3H3/b9-7-. The van der Waals surface area contributed by atoms with E-state index in [0.717, 1.165) is 12.3 Å². The summed E-state index contributed by atoms with van der Waals surface area (Å²) >= 11 is 0. The van der Waals surface area contributed by atoms with Gasteiger partial charge in [-0.1, -0.05) is 31.8 Å².